The van der Waals surface area contributed by atoms with E-state index in [1.165, 1.54) is 0 Å². The third kappa shape index (κ3) is 7.42. The number of nitrogens with one attached hydrogen (secondary N) is 1. The number of carbonyl (C=O) groups excluding carboxylic acids is 1. The molecule has 3 N–H and O–H groups in total. The Morgan fingerprint density at radius 2 is 1.65 bits per heavy atom. The summed E-state index contributed by atoms with van der Waals surface area (Å²) in [5, 5.41) is 20.3. The van der Waals surface area contributed by atoms with Gasteiger partial charge in [0.2, 0.25) is 5.91 Å². The highest BCUT2D eigenvalue weighted by Gasteiger charge is 2.17. The lowest BCUT2D eigenvalue weighted by Gasteiger charge is -2.18. The van der Waals surface area contributed by atoms with Gasteiger partial charge in [0.05, 0.1) is 19.6 Å². The molecule has 1 amide bonds. The van der Waals surface area contributed by atoms with Gasteiger partial charge >= 0.3 is 11.9 Å². The summed E-state index contributed by atoms with van der Waals surface area (Å²) >= 11 is 0. The van der Waals surface area contributed by atoms with Gasteiger partial charge in [-0.25, -0.2) is 0 Å². The first-order chi connectivity index (χ1) is 10.9. The number of para-hydroxylation sites is 1. The molecule has 0 atom stereocenters. The Hall–Kier alpha value is -2.41. The van der Waals surface area contributed by atoms with Crippen molar-refractivity contribution in [2.75, 3.05) is 25.0 Å². The Balaban J connectivity index is 2.70. The highest BCUT2D eigenvalue weighted by molar-refractivity contribution is 5.93. The molecule has 7 nitrogen and oxygen atoms in total. The Morgan fingerprint density at radius 3 is 2.22 bits per heavy atom. The van der Waals surface area contributed by atoms with E-state index in [4.69, 9.17) is 10.2 Å². The summed E-state index contributed by atoms with van der Waals surface area (Å²) in [5.74, 6) is -2.79. The first kappa shape index (κ1) is 18.6. The standard InChI is InChI=1S/C16H22N2O5/c1-2-3-6-12-7-4-5-8-13(12)17-14(19)9-18(10-15(20)21)11-16(22)23/h4-5,7-8H,2-3,6,9-11H2,1H3,(H,17,19)(H,20,21)(H,22,23). The Kier molecular flexibility index (Phi) is 7.76. The molecular weight excluding hydrogens is 300 g/mol. The molecule has 1 aromatic carbocycles. The minimum atomic E-state index is -1.18. The molecule has 0 unspecified atom stereocenters. The Morgan fingerprint density at radius 1 is 1.04 bits per heavy atom. The average molecular weight is 322 g/mol. The van der Waals surface area contributed by atoms with Gasteiger partial charge in [-0.05, 0) is 24.5 Å². The molecule has 0 bridgehead atoms. The molecule has 126 valence electrons. The normalized spacial score (nSPS) is 10.5. The van der Waals surface area contributed by atoms with Crippen molar-refractivity contribution in [3.63, 3.8) is 0 Å². The fourth-order valence-corrected chi connectivity index (χ4v) is 2.17. The van der Waals surface area contributed by atoms with Crippen molar-refractivity contribution >= 4 is 23.5 Å². The van der Waals surface area contributed by atoms with Crippen molar-refractivity contribution in [2.24, 2.45) is 0 Å². The highest BCUT2D eigenvalue weighted by atomic mass is 16.4. The molecule has 0 radical (unpaired) electrons. The zero-order valence-corrected chi connectivity index (χ0v) is 13.1. The van der Waals surface area contributed by atoms with E-state index in [0.29, 0.717) is 5.69 Å². The first-order valence-electron chi connectivity index (χ1n) is 7.46. The van der Waals surface area contributed by atoms with E-state index in [1.807, 2.05) is 12.1 Å². The van der Waals surface area contributed by atoms with Crippen LogP contribution in [0.1, 0.15) is 25.3 Å². The van der Waals surface area contributed by atoms with Gasteiger partial charge in [-0.1, -0.05) is 31.5 Å². The summed E-state index contributed by atoms with van der Waals surface area (Å²) in [6.45, 7) is 0.784. The number of amides is 1. The van der Waals surface area contributed by atoms with Crippen LogP contribution in [0, 0.1) is 0 Å². The van der Waals surface area contributed by atoms with Crippen molar-refractivity contribution in [1.82, 2.24) is 4.90 Å². The fraction of sp³-hybridized carbons (Fsp3) is 0.438. The van der Waals surface area contributed by atoms with Crippen LogP contribution in [-0.2, 0) is 20.8 Å². The SMILES string of the molecule is CCCCc1ccccc1NC(=O)CN(CC(=O)O)CC(=O)O. The minimum Gasteiger partial charge on any atom is -0.480 e. The monoisotopic (exact) mass is 322 g/mol. The molecule has 0 saturated heterocycles. The van der Waals surface area contributed by atoms with Crippen LogP contribution in [0.25, 0.3) is 0 Å². The lowest BCUT2D eigenvalue weighted by molar-refractivity contribution is -0.142. The summed E-state index contributed by atoms with van der Waals surface area (Å²) in [7, 11) is 0. The van der Waals surface area contributed by atoms with Crippen molar-refractivity contribution in [2.45, 2.75) is 26.2 Å². The van der Waals surface area contributed by atoms with Crippen molar-refractivity contribution in [3.05, 3.63) is 29.8 Å². The number of hydrogen-bond donors (Lipinski definition) is 3. The van der Waals surface area contributed by atoms with Gasteiger partial charge in [-0.3, -0.25) is 19.3 Å². The zero-order valence-electron chi connectivity index (χ0n) is 13.1. The second kappa shape index (κ2) is 9.58. The topological polar surface area (TPSA) is 107 Å². The van der Waals surface area contributed by atoms with E-state index in [2.05, 4.69) is 12.2 Å². The summed E-state index contributed by atoms with van der Waals surface area (Å²) in [6, 6.07) is 7.40. The molecule has 0 heterocycles. The molecular formula is C16H22N2O5. The van der Waals surface area contributed by atoms with E-state index in [-0.39, 0.29) is 6.54 Å². The summed E-state index contributed by atoms with van der Waals surface area (Å²) in [4.78, 5) is 34.6. The molecule has 0 aliphatic rings. The average Bonchev–Trinajstić information content (AvgIpc) is 2.44. The summed E-state index contributed by atoms with van der Waals surface area (Å²) in [6.07, 6.45) is 2.87. The van der Waals surface area contributed by atoms with Crippen LogP contribution in [0.2, 0.25) is 0 Å². The maximum Gasteiger partial charge on any atom is 0.317 e. The smallest absolute Gasteiger partial charge is 0.317 e. The minimum absolute atomic E-state index is 0.291. The molecule has 7 heteroatoms. The predicted octanol–water partition coefficient (Wildman–Crippen LogP) is 1.44. The van der Waals surface area contributed by atoms with E-state index in [9.17, 15) is 14.4 Å². The maximum atomic E-state index is 12.1. The number of carboxylic acids is 2. The molecule has 0 aliphatic heterocycles. The van der Waals surface area contributed by atoms with Gasteiger partial charge in [-0.15, -0.1) is 0 Å². The number of carboxylic acid groups (broad SMARTS) is 2. The van der Waals surface area contributed by atoms with Gasteiger partial charge < -0.3 is 15.5 Å². The molecule has 1 aromatic rings. The van der Waals surface area contributed by atoms with E-state index in [0.717, 1.165) is 29.7 Å². The number of unbranched alkanes of at least 4 members (excludes halogenated alkanes) is 1. The largest absolute Gasteiger partial charge is 0.480 e. The van der Waals surface area contributed by atoms with Crippen LogP contribution >= 0.6 is 0 Å². The van der Waals surface area contributed by atoms with Gasteiger partial charge in [-0.2, -0.15) is 0 Å². The lowest BCUT2D eigenvalue weighted by atomic mass is 10.1. The molecule has 1 rings (SSSR count). The number of benzene rings is 1. The van der Waals surface area contributed by atoms with Crippen LogP contribution in [0.15, 0.2) is 24.3 Å². The predicted molar refractivity (Wildman–Crippen MR) is 85.4 cm³/mol. The molecule has 0 aliphatic carbocycles. The van der Waals surface area contributed by atoms with Gasteiger partial charge in [0.25, 0.3) is 0 Å². The van der Waals surface area contributed by atoms with Gasteiger partial charge in [0.1, 0.15) is 0 Å². The maximum absolute atomic E-state index is 12.1. The third-order valence-electron chi connectivity index (χ3n) is 3.18. The summed E-state index contributed by atoms with van der Waals surface area (Å²) < 4.78 is 0. The number of carbonyl (C=O) groups is 3. The zero-order chi connectivity index (χ0) is 17.2. The molecule has 23 heavy (non-hydrogen) atoms. The lowest BCUT2D eigenvalue weighted by Crippen LogP contribution is -2.40. The highest BCUT2D eigenvalue weighted by Crippen LogP contribution is 2.17. The third-order valence-corrected chi connectivity index (χ3v) is 3.18. The quantitative estimate of drug-likeness (QED) is 0.602. The van der Waals surface area contributed by atoms with Crippen LogP contribution in [0.5, 0.6) is 0 Å². The number of anilines is 1. The van der Waals surface area contributed by atoms with Crippen molar-refractivity contribution in [3.8, 4) is 0 Å². The van der Waals surface area contributed by atoms with Crippen molar-refractivity contribution < 1.29 is 24.6 Å². The molecule has 0 spiro atoms. The van der Waals surface area contributed by atoms with Crippen LogP contribution in [-0.4, -0.2) is 52.6 Å². The van der Waals surface area contributed by atoms with Crippen LogP contribution in [0.4, 0.5) is 5.69 Å². The Labute approximate surface area is 134 Å². The number of aliphatic carboxylic acids is 2. The second-order valence-corrected chi connectivity index (χ2v) is 5.24. The van der Waals surface area contributed by atoms with Crippen LogP contribution < -0.4 is 5.32 Å². The molecule has 0 saturated carbocycles. The Bertz CT molecular complexity index is 543. The van der Waals surface area contributed by atoms with E-state index >= 15 is 0 Å². The number of rotatable bonds is 10. The van der Waals surface area contributed by atoms with E-state index in [1.54, 1.807) is 12.1 Å². The molecule has 0 aromatic heterocycles. The molecule has 0 fully saturated rings. The van der Waals surface area contributed by atoms with Gasteiger partial charge in [0, 0.05) is 5.69 Å². The van der Waals surface area contributed by atoms with Crippen molar-refractivity contribution in [1.29, 1.82) is 0 Å². The van der Waals surface area contributed by atoms with E-state index < -0.39 is 30.9 Å². The van der Waals surface area contributed by atoms with Gasteiger partial charge in [0.15, 0.2) is 0 Å². The summed E-state index contributed by atoms with van der Waals surface area (Å²) in [5.41, 5.74) is 1.68. The fourth-order valence-electron chi connectivity index (χ4n) is 2.17. The number of hydrogen-bond acceptors (Lipinski definition) is 4. The van der Waals surface area contributed by atoms with Crippen LogP contribution in [0.3, 0.4) is 0 Å². The second-order valence-electron chi connectivity index (χ2n) is 5.24. The number of nitrogens with zero attached hydrogens (tertiary/aromatic N) is 1. The number of aryl methyl sites for hydroxylation is 1. The first-order valence-corrected chi connectivity index (χ1v) is 7.46.